The third-order valence-corrected chi connectivity index (χ3v) is 6.69. The van der Waals surface area contributed by atoms with Crippen molar-refractivity contribution in [2.45, 2.75) is 25.3 Å². The first-order valence-corrected chi connectivity index (χ1v) is 11.2. The van der Waals surface area contributed by atoms with E-state index >= 15 is 0 Å². The molecule has 5 heterocycles. The Kier molecular flexibility index (Phi) is 4.25. The van der Waals surface area contributed by atoms with Crippen LogP contribution in [0.1, 0.15) is 34.6 Å². The second-order valence-electron chi connectivity index (χ2n) is 7.99. The van der Waals surface area contributed by atoms with Crippen molar-refractivity contribution in [2.75, 3.05) is 13.1 Å². The Hall–Kier alpha value is -3.73. The second kappa shape index (κ2) is 7.16. The van der Waals surface area contributed by atoms with E-state index in [9.17, 15) is 14.7 Å². The Morgan fingerprint density at radius 3 is 2.81 bits per heavy atom. The standard InChI is InChI=1S/C21H19N7O3S/c29-19-14(25-21(31)26-19)8-11-10-22-28-17(23-12-2-3-12)9-13(24-18(11)28)15-4-5-16(32-15)20(30)27-6-1-7-27/h4-5,8-10,12,29H,1-3,6-7H2,(H2,25,26,31). The zero-order valence-electron chi connectivity index (χ0n) is 16.9. The number of carbonyl (C=O) groups excluding carboxylic acids is 1. The molecule has 1 saturated heterocycles. The predicted octanol–water partition coefficient (Wildman–Crippen LogP) is 0.637. The van der Waals surface area contributed by atoms with E-state index in [0.29, 0.717) is 26.9 Å². The molecular formula is C21H19N7O3S. The molecule has 3 N–H and O–H groups in total. The third kappa shape index (κ3) is 3.30. The Bertz CT molecular complexity index is 1540. The summed E-state index contributed by atoms with van der Waals surface area (Å²) in [4.78, 5) is 41.9. The fourth-order valence-electron chi connectivity index (χ4n) is 3.59. The molecule has 4 aromatic rings. The van der Waals surface area contributed by atoms with Crippen LogP contribution in [0.5, 0.6) is 5.88 Å². The lowest BCUT2D eigenvalue weighted by Crippen LogP contribution is -2.41. The average molecular weight is 449 g/mol. The molecule has 1 aliphatic heterocycles. The average Bonchev–Trinajstić information content (AvgIpc) is 3.11. The van der Waals surface area contributed by atoms with Crippen LogP contribution >= 0.6 is 11.3 Å². The van der Waals surface area contributed by atoms with Crippen molar-refractivity contribution in [3.8, 4) is 16.5 Å². The molecule has 0 bridgehead atoms. The first-order chi connectivity index (χ1) is 15.5. The van der Waals surface area contributed by atoms with E-state index < -0.39 is 5.69 Å². The highest BCUT2D eigenvalue weighted by Crippen LogP contribution is 2.28. The third-order valence-electron chi connectivity index (χ3n) is 5.59. The van der Waals surface area contributed by atoms with Gasteiger partial charge in [0.15, 0.2) is 11.1 Å². The zero-order chi connectivity index (χ0) is 21.8. The van der Waals surface area contributed by atoms with Gasteiger partial charge in [-0.3, -0.25) is 14.8 Å². The van der Waals surface area contributed by atoms with Gasteiger partial charge in [-0.1, -0.05) is 0 Å². The summed E-state index contributed by atoms with van der Waals surface area (Å²) in [6.45, 7) is 1.62. The van der Waals surface area contributed by atoms with Gasteiger partial charge in [0.2, 0.25) is 5.88 Å². The normalized spacial score (nSPS) is 17.3. The molecule has 0 radical (unpaired) electrons. The molecule has 10 nitrogen and oxygen atoms in total. The highest BCUT2D eigenvalue weighted by Gasteiger charge is 2.24. The maximum Gasteiger partial charge on any atom is 0.326 e. The number of thiophene rings is 1. The topological polar surface area (TPSA) is 132 Å². The van der Waals surface area contributed by atoms with Gasteiger partial charge in [0.1, 0.15) is 5.69 Å². The number of fused-ring (bicyclic) bond motifs is 1. The number of hydrogen-bond donors (Lipinski definition) is 3. The summed E-state index contributed by atoms with van der Waals surface area (Å²) >= 11 is 1.41. The molecule has 32 heavy (non-hydrogen) atoms. The minimum absolute atomic E-state index is 0.0572. The molecule has 0 atom stereocenters. The van der Waals surface area contributed by atoms with Crippen molar-refractivity contribution in [1.29, 1.82) is 0 Å². The number of likely N-dealkylation sites (tertiary alicyclic amines) is 1. The van der Waals surface area contributed by atoms with Crippen LogP contribution in [0.2, 0.25) is 0 Å². The number of amides is 1. The van der Waals surface area contributed by atoms with E-state index in [1.807, 2.05) is 23.1 Å². The van der Waals surface area contributed by atoms with Crippen LogP contribution in [-0.2, 0) is 0 Å². The van der Waals surface area contributed by atoms with Crippen LogP contribution in [0.25, 0.3) is 22.3 Å². The van der Waals surface area contributed by atoms with Crippen LogP contribution in [0.15, 0.2) is 34.2 Å². The van der Waals surface area contributed by atoms with E-state index in [0.717, 1.165) is 37.2 Å². The Morgan fingerprint density at radius 1 is 1.28 bits per heavy atom. The van der Waals surface area contributed by atoms with Gasteiger partial charge < -0.3 is 15.0 Å². The highest BCUT2D eigenvalue weighted by molar-refractivity contribution is 7.17. The molecule has 0 spiro atoms. The van der Waals surface area contributed by atoms with Crippen LogP contribution in [0, 0.1) is 0 Å². The number of aromatic nitrogens is 5. The lowest BCUT2D eigenvalue weighted by Gasteiger charge is -2.30. The molecule has 6 rings (SSSR count). The molecule has 1 aliphatic carbocycles. The van der Waals surface area contributed by atoms with Gasteiger partial charge in [-0.25, -0.2) is 9.78 Å². The predicted molar refractivity (Wildman–Crippen MR) is 117 cm³/mol. The van der Waals surface area contributed by atoms with Gasteiger partial charge >= 0.3 is 5.69 Å². The van der Waals surface area contributed by atoms with Crippen molar-refractivity contribution in [2.24, 2.45) is 4.99 Å². The summed E-state index contributed by atoms with van der Waals surface area (Å²) in [5, 5.41) is 15.0. The van der Waals surface area contributed by atoms with Gasteiger partial charge in [0.05, 0.1) is 27.7 Å². The zero-order valence-corrected chi connectivity index (χ0v) is 17.7. The molecule has 11 heteroatoms. The number of aromatic amines is 2. The summed E-state index contributed by atoms with van der Waals surface area (Å²) in [6, 6.07) is 5.92. The molecular weight excluding hydrogens is 430 g/mol. The fourth-order valence-corrected chi connectivity index (χ4v) is 4.52. The fraction of sp³-hybridized carbons (Fsp3) is 0.286. The number of nitrogens with zero attached hydrogens (tertiary/aromatic N) is 5. The monoisotopic (exact) mass is 449 g/mol. The van der Waals surface area contributed by atoms with Gasteiger partial charge in [-0.05, 0) is 37.5 Å². The number of H-pyrrole nitrogens is 2. The van der Waals surface area contributed by atoms with Crippen LogP contribution in [-0.4, -0.2) is 59.6 Å². The first-order valence-electron chi connectivity index (χ1n) is 10.4. The summed E-state index contributed by atoms with van der Waals surface area (Å²) in [6.07, 6.45) is 6.38. The van der Waals surface area contributed by atoms with E-state index in [2.05, 4.69) is 15.1 Å². The lowest BCUT2D eigenvalue weighted by molar-refractivity contribution is 0.0657. The SMILES string of the molecule is O=C(c1ccc(-c2cc(=NC3CC3)n3ncc(=Cc4[nH]c(=O)[nH]c4O)c3n2)s1)N1CCC1. The van der Waals surface area contributed by atoms with Crippen molar-refractivity contribution in [1.82, 2.24) is 29.5 Å². The minimum atomic E-state index is -0.499. The minimum Gasteiger partial charge on any atom is -0.493 e. The highest BCUT2D eigenvalue weighted by atomic mass is 32.1. The molecule has 0 aromatic carbocycles. The number of rotatable bonds is 4. The molecule has 0 unspecified atom stereocenters. The molecule has 162 valence electrons. The number of carbonyl (C=O) groups is 1. The second-order valence-corrected chi connectivity index (χ2v) is 9.07. The molecule has 1 amide bonds. The van der Waals surface area contributed by atoms with Crippen molar-refractivity contribution < 1.29 is 9.90 Å². The largest absolute Gasteiger partial charge is 0.493 e. The van der Waals surface area contributed by atoms with E-state index in [-0.39, 0.29) is 23.5 Å². The molecule has 2 fully saturated rings. The number of imidazole rings is 1. The van der Waals surface area contributed by atoms with Crippen molar-refractivity contribution in [3.05, 3.63) is 56.2 Å². The molecule has 2 aliphatic rings. The maximum absolute atomic E-state index is 12.6. The van der Waals surface area contributed by atoms with E-state index in [4.69, 9.17) is 9.98 Å². The number of hydrogen-bond acceptors (Lipinski definition) is 7. The lowest BCUT2D eigenvalue weighted by atomic mass is 10.2. The number of nitrogens with one attached hydrogen (secondary N) is 2. The van der Waals surface area contributed by atoms with Crippen LogP contribution in [0.3, 0.4) is 0 Å². The smallest absolute Gasteiger partial charge is 0.326 e. The number of aromatic hydroxyl groups is 1. The first kappa shape index (κ1) is 19.0. The Labute approximate surface area is 184 Å². The van der Waals surface area contributed by atoms with Gasteiger partial charge in [0.25, 0.3) is 5.91 Å². The molecule has 4 aromatic heterocycles. The summed E-state index contributed by atoms with van der Waals surface area (Å²) < 4.78 is 1.66. The van der Waals surface area contributed by atoms with Gasteiger partial charge in [-0.2, -0.15) is 9.61 Å². The van der Waals surface area contributed by atoms with Crippen molar-refractivity contribution in [3.63, 3.8) is 0 Å². The van der Waals surface area contributed by atoms with E-state index in [1.165, 1.54) is 11.3 Å². The summed E-state index contributed by atoms with van der Waals surface area (Å²) in [5.74, 6) is -0.192. The summed E-state index contributed by atoms with van der Waals surface area (Å²) in [5.41, 5.74) is 1.68. The Balaban J connectivity index is 1.50. The van der Waals surface area contributed by atoms with Crippen LogP contribution < -0.4 is 16.4 Å². The van der Waals surface area contributed by atoms with E-state index in [1.54, 1.807) is 16.8 Å². The summed E-state index contributed by atoms with van der Waals surface area (Å²) in [7, 11) is 0. The van der Waals surface area contributed by atoms with Crippen LogP contribution in [0.4, 0.5) is 0 Å². The molecule has 1 saturated carbocycles. The Morgan fingerprint density at radius 2 is 2.12 bits per heavy atom. The van der Waals surface area contributed by atoms with Gasteiger partial charge in [-0.15, -0.1) is 11.3 Å². The quantitative estimate of drug-likeness (QED) is 0.421. The van der Waals surface area contributed by atoms with Gasteiger partial charge in [0, 0.05) is 24.4 Å². The van der Waals surface area contributed by atoms with Crippen molar-refractivity contribution >= 4 is 29.0 Å². The maximum atomic E-state index is 12.6.